The number of piperazine rings is 1. The smallest absolute Gasteiger partial charge is 0.151 e. The molecule has 0 spiro atoms. The second kappa shape index (κ2) is 10.6. The van der Waals surface area contributed by atoms with Crippen molar-refractivity contribution in [2.24, 2.45) is 5.16 Å². The Kier molecular flexibility index (Phi) is 7.63. The predicted octanol–water partition coefficient (Wildman–Crippen LogP) is 2.87. The van der Waals surface area contributed by atoms with Gasteiger partial charge in [-0.1, -0.05) is 41.5 Å². The fraction of sp³-hybridized carbons (Fsp3) is 0.350. The number of nitrogens with zero attached hydrogens (tertiary/aromatic N) is 5. The lowest BCUT2D eigenvalue weighted by Crippen LogP contribution is -2.47. The van der Waals surface area contributed by atoms with Crippen LogP contribution in [0.15, 0.2) is 54.2 Å². The van der Waals surface area contributed by atoms with Gasteiger partial charge in [-0.2, -0.15) is 0 Å². The molecule has 3 rings (SSSR count). The fourth-order valence-corrected chi connectivity index (χ4v) is 2.95. The first-order valence-electron chi connectivity index (χ1n) is 9.20. The van der Waals surface area contributed by atoms with Crippen LogP contribution in [-0.2, 0) is 4.84 Å². The Bertz CT molecular complexity index is 776. The zero-order valence-corrected chi connectivity index (χ0v) is 16.5. The quantitative estimate of drug-likeness (QED) is 0.278. The molecule has 0 aliphatic carbocycles. The molecule has 1 fully saturated rings. The minimum absolute atomic E-state index is 0.393. The van der Waals surface area contributed by atoms with E-state index in [2.05, 4.69) is 31.7 Å². The van der Waals surface area contributed by atoms with Crippen LogP contribution in [-0.4, -0.2) is 67.2 Å². The number of oxime groups is 1. The van der Waals surface area contributed by atoms with Gasteiger partial charge < -0.3 is 14.5 Å². The van der Waals surface area contributed by atoms with Crippen molar-refractivity contribution in [3.05, 3.63) is 59.8 Å². The highest BCUT2D eigenvalue weighted by Crippen LogP contribution is 2.15. The second-order valence-corrected chi connectivity index (χ2v) is 6.67. The summed E-state index contributed by atoms with van der Waals surface area (Å²) in [5, 5.41) is 12.4. The fourth-order valence-electron chi connectivity index (χ4n) is 2.85. The van der Waals surface area contributed by atoms with Gasteiger partial charge in [-0.25, -0.2) is 0 Å². The van der Waals surface area contributed by atoms with E-state index in [4.69, 9.17) is 21.2 Å². The van der Waals surface area contributed by atoms with Crippen LogP contribution in [0, 0.1) is 0 Å². The van der Waals surface area contributed by atoms with Crippen molar-refractivity contribution in [1.29, 1.82) is 0 Å². The maximum Gasteiger partial charge on any atom is 0.151 e. The van der Waals surface area contributed by atoms with E-state index >= 15 is 0 Å². The molecule has 1 saturated heterocycles. The first-order chi connectivity index (χ1) is 13.7. The van der Waals surface area contributed by atoms with E-state index in [9.17, 15) is 0 Å². The SMILES string of the molecule is C=CCON=Cc1cccc(OCCN2CCN(c3ccc(Cl)nn3)CC2)c1. The summed E-state index contributed by atoms with van der Waals surface area (Å²) >= 11 is 5.80. The summed E-state index contributed by atoms with van der Waals surface area (Å²) < 4.78 is 5.89. The van der Waals surface area contributed by atoms with Crippen LogP contribution >= 0.6 is 11.6 Å². The van der Waals surface area contributed by atoms with E-state index < -0.39 is 0 Å². The summed E-state index contributed by atoms with van der Waals surface area (Å²) in [7, 11) is 0. The third-order valence-electron chi connectivity index (χ3n) is 4.32. The van der Waals surface area contributed by atoms with Gasteiger partial charge in [-0.05, 0) is 29.8 Å². The molecular weight excluding hydrogens is 378 g/mol. The molecule has 0 saturated carbocycles. The molecule has 0 radical (unpaired) electrons. The molecule has 8 heteroatoms. The summed E-state index contributed by atoms with van der Waals surface area (Å²) in [6.45, 7) is 9.22. The average molecular weight is 402 g/mol. The molecule has 1 aliphatic rings. The third-order valence-corrected chi connectivity index (χ3v) is 4.52. The van der Waals surface area contributed by atoms with Gasteiger partial charge in [-0.3, -0.25) is 4.90 Å². The highest BCUT2D eigenvalue weighted by atomic mass is 35.5. The van der Waals surface area contributed by atoms with Crippen molar-refractivity contribution < 1.29 is 9.57 Å². The lowest BCUT2D eigenvalue weighted by atomic mass is 10.2. The molecule has 7 nitrogen and oxygen atoms in total. The normalized spacial score (nSPS) is 15.0. The molecule has 0 unspecified atom stereocenters. The second-order valence-electron chi connectivity index (χ2n) is 6.28. The lowest BCUT2D eigenvalue weighted by Gasteiger charge is -2.35. The predicted molar refractivity (Wildman–Crippen MR) is 111 cm³/mol. The third kappa shape index (κ3) is 6.21. The Morgan fingerprint density at radius 2 is 2.00 bits per heavy atom. The van der Waals surface area contributed by atoms with Crippen molar-refractivity contribution in [2.75, 3.05) is 50.8 Å². The van der Waals surface area contributed by atoms with Crippen LogP contribution in [0.3, 0.4) is 0 Å². The van der Waals surface area contributed by atoms with E-state index in [0.717, 1.165) is 49.9 Å². The zero-order valence-electron chi connectivity index (χ0n) is 15.7. The maximum absolute atomic E-state index is 5.89. The molecule has 148 valence electrons. The first kappa shape index (κ1) is 20.1. The summed E-state index contributed by atoms with van der Waals surface area (Å²) in [6.07, 6.45) is 3.31. The molecule has 0 atom stereocenters. The Balaban J connectivity index is 1.39. The van der Waals surface area contributed by atoms with Gasteiger partial charge in [0.05, 0.1) is 6.21 Å². The largest absolute Gasteiger partial charge is 0.492 e. The summed E-state index contributed by atoms with van der Waals surface area (Å²) in [5.74, 6) is 1.69. The monoisotopic (exact) mass is 401 g/mol. The van der Waals surface area contributed by atoms with Crippen molar-refractivity contribution >= 4 is 23.6 Å². The topological polar surface area (TPSA) is 63.1 Å². The number of benzene rings is 1. The van der Waals surface area contributed by atoms with Crippen LogP contribution in [0.25, 0.3) is 0 Å². The van der Waals surface area contributed by atoms with E-state index in [1.807, 2.05) is 30.3 Å². The van der Waals surface area contributed by atoms with E-state index in [1.165, 1.54) is 0 Å². The number of anilines is 1. The van der Waals surface area contributed by atoms with Crippen LogP contribution in [0.2, 0.25) is 5.15 Å². The number of ether oxygens (including phenoxy) is 1. The van der Waals surface area contributed by atoms with Crippen molar-refractivity contribution in [3.8, 4) is 5.75 Å². The summed E-state index contributed by atoms with van der Waals surface area (Å²) in [5.41, 5.74) is 0.930. The average Bonchev–Trinajstić information content (AvgIpc) is 2.73. The number of hydrogen-bond acceptors (Lipinski definition) is 7. The van der Waals surface area contributed by atoms with Crippen LogP contribution in [0.5, 0.6) is 5.75 Å². The Labute approximate surface area is 170 Å². The molecule has 0 amide bonds. The van der Waals surface area contributed by atoms with Gasteiger partial charge >= 0.3 is 0 Å². The highest BCUT2D eigenvalue weighted by molar-refractivity contribution is 6.29. The molecule has 2 heterocycles. The summed E-state index contributed by atoms with van der Waals surface area (Å²) in [4.78, 5) is 9.62. The molecule has 1 aliphatic heterocycles. The lowest BCUT2D eigenvalue weighted by molar-refractivity contribution is 0.176. The molecule has 2 aromatic rings. The van der Waals surface area contributed by atoms with Crippen molar-refractivity contribution in [2.45, 2.75) is 0 Å². The van der Waals surface area contributed by atoms with E-state index in [-0.39, 0.29) is 0 Å². The molecule has 1 aromatic heterocycles. The minimum Gasteiger partial charge on any atom is -0.492 e. The van der Waals surface area contributed by atoms with Crippen LogP contribution in [0.4, 0.5) is 5.82 Å². The van der Waals surface area contributed by atoms with Crippen LogP contribution in [0.1, 0.15) is 5.56 Å². The number of rotatable bonds is 9. The van der Waals surface area contributed by atoms with Gasteiger partial charge in [0.15, 0.2) is 11.0 Å². The van der Waals surface area contributed by atoms with E-state index in [0.29, 0.717) is 18.4 Å². The zero-order chi connectivity index (χ0) is 19.6. The number of halogens is 1. The van der Waals surface area contributed by atoms with Gasteiger partial charge in [-0.15, -0.1) is 10.2 Å². The van der Waals surface area contributed by atoms with Gasteiger partial charge in [0.2, 0.25) is 0 Å². The van der Waals surface area contributed by atoms with E-state index in [1.54, 1.807) is 18.4 Å². The molecule has 28 heavy (non-hydrogen) atoms. The molecular formula is C20H24ClN5O2. The Hall–Kier alpha value is -2.64. The van der Waals surface area contributed by atoms with Gasteiger partial charge in [0.1, 0.15) is 19.0 Å². The molecule has 1 aromatic carbocycles. The Morgan fingerprint density at radius 1 is 1.14 bits per heavy atom. The highest BCUT2D eigenvalue weighted by Gasteiger charge is 2.18. The molecule has 0 N–H and O–H groups in total. The number of hydrogen-bond donors (Lipinski definition) is 0. The van der Waals surface area contributed by atoms with Crippen LogP contribution < -0.4 is 9.64 Å². The minimum atomic E-state index is 0.393. The van der Waals surface area contributed by atoms with Gasteiger partial charge in [0.25, 0.3) is 0 Å². The van der Waals surface area contributed by atoms with Gasteiger partial charge in [0, 0.05) is 32.7 Å². The van der Waals surface area contributed by atoms with Crippen molar-refractivity contribution in [1.82, 2.24) is 15.1 Å². The first-order valence-corrected chi connectivity index (χ1v) is 9.58. The molecule has 0 bridgehead atoms. The number of aromatic nitrogens is 2. The van der Waals surface area contributed by atoms with Crippen molar-refractivity contribution in [3.63, 3.8) is 0 Å². The Morgan fingerprint density at radius 3 is 2.75 bits per heavy atom. The maximum atomic E-state index is 5.89. The summed E-state index contributed by atoms with van der Waals surface area (Å²) in [6, 6.07) is 11.5. The standard InChI is InChI=1S/C20H24ClN5O2/c1-2-13-28-22-16-17-4-3-5-18(15-17)27-14-12-25-8-10-26(11-9-25)20-7-6-19(21)23-24-20/h2-7,15-16H,1,8-14H2.